The number of hydrogen-bond donors (Lipinski definition) is 0. The van der Waals surface area contributed by atoms with E-state index in [4.69, 9.17) is 14.6 Å². The van der Waals surface area contributed by atoms with Gasteiger partial charge in [-0.05, 0) is 67.0 Å². The second-order valence-corrected chi connectivity index (χ2v) is 7.78. The predicted octanol–water partition coefficient (Wildman–Crippen LogP) is 4.80. The van der Waals surface area contributed by atoms with Crippen LogP contribution in [0.3, 0.4) is 0 Å². The molecular weight excluding hydrogens is 348 g/mol. The molecule has 1 unspecified atom stereocenters. The Hall–Kier alpha value is -2.59. The van der Waals surface area contributed by atoms with E-state index in [2.05, 4.69) is 35.0 Å². The fourth-order valence-corrected chi connectivity index (χ4v) is 4.31. The van der Waals surface area contributed by atoms with E-state index in [1.807, 2.05) is 24.4 Å². The van der Waals surface area contributed by atoms with Crippen LogP contribution in [-0.2, 0) is 30.7 Å². The molecule has 1 atom stereocenters. The first-order chi connectivity index (χ1) is 13.9. The monoisotopic (exact) mass is 374 g/mol. The van der Waals surface area contributed by atoms with E-state index in [0.29, 0.717) is 6.61 Å². The van der Waals surface area contributed by atoms with Crippen molar-refractivity contribution in [1.29, 1.82) is 0 Å². The molecule has 5 rings (SSSR count). The maximum Gasteiger partial charge on any atom is 0.120 e. The molecule has 1 aromatic heterocycles. The van der Waals surface area contributed by atoms with Crippen LogP contribution in [0.1, 0.15) is 36.0 Å². The van der Waals surface area contributed by atoms with E-state index in [1.54, 1.807) is 0 Å². The van der Waals surface area contributed by atoms with Gasteiger partial charge in [0.15, 0.2) is 0 Å². The summed E-state index contributed by atoms with van der Waals surface area (Å²) >= 11 is 0. The van der Waals surface area contributed by atoms with Gasteiger partial charge in [-0.1, -0.05) is 30.3 Å². The molecule has 3 aromatic rings. The summed E-state index contributed by atoms with van der Waals surface area (Å²) in [6.07, 6.45) is 7.98. The van der Waals surface area contributed by atoms with Crippen molar-refractivity contribution in [1.82, 2.24) is 9.78 Å². The van der Waals surface area contributed by atoms with Gasteiger partial charge in [0, 0.05) is 12.2 Å². The number of ether oxygens (including phenoxy) is 2. The maximum absolute atomic E-state index is 6.04. The molecule has 0 amide bonds. The molecule has 1 aliphatic carbocycles. The average molecular weight is 374 g/mol. The molecule has 0 bridgehead atoms. The van der Waals surface area contributed by atoms with E-state index < -0.39 is 0 Å². The zero-order valence-corrected chi connectivity index (χ0v) is 16.1. The molecule has 4 nitrogen and oxygen atoms in total. The fourth-order valence-electron chi connectivity index (χ4n) is 4.31. The molecule has 4 heteroatoms. The Labute approximate surface area is 166 Å². The summed E-state index contributed by atoms with van der Waals surface area (Å²) in [6.45, 7) is 2.33. The third-order valence-electron chi connectivity index (χ3n) is 5.81. The Morgan fingerprint density at radius 1 is 1.04 bits per heavy atom. The van der Waals surface area contributed by atoms with E-state index >= 15 is 0 Å². The zero-order valence-electron chi connectivity index (χ0n) is 16.1. The topological polar surface area (TPSA) is 36.3 Å². The lowest BCUT2D eigenvalue weighted by molar-refractivity contribution is 0.00427. The second kappa shape index (κ2) is 7.80. The Balaban J connectivity index is 1.36. The van der Waals surface area contributed by atoms with Crippen molar-refractivity contribution in [3.05, 3.63) is 71.4 Å². The van der Waals surface area contributed by atoms with Crippen molar-refractivity contribution in [2.24, 2.45) is 0 Å². The molecule has 0 saturated carbocycles. The van der Waals surface area contributed by atoms with Crippen LogP contribution in [0.15, 0.2) is 54.7 Å². The summed E-state index contributed by atoms with van der Waals surface area (Å²) < 4.78 is 14.1. The highest BCUT2D eigenvalue weighted by atomic mass is 16.5. The number of fused-ring (bicyclic) bond motifs is 3. The van der Waals surface area contributed by atoms with Crippen LogP contribution in [0.2, 0.25) is 0 Å². The molecular formula is C24H26N2O2. The number of benzene rings is 2. The highest BCUT2D eigenvalue weighted by Gasteiger charge is 2.24. The molecule has 2 aromatic carbocycles. The lowest BCUT2D eigenvalue weighted by Gasteiger charge is -2.25. The molecule has 144 valence electrons. The van der Waals surface area contributed by atoms with Crippen LogP contribution in [0, 0.1) is 0 Å². The Morgan fingerprint density at radius 3 is 2.79 bits per heavy atom. The van der Waals surface area contributed by atoms with E-state index in [9.17, 15) is 0 Å². The minimum Gasteiger partial charge on any atom is -0.489 e. The maximum atomic E-state index is 6.04. The lowest BCUT2D eigenvalue weighted by atomic mass is 9.90. The van der Waals surface area contributed by atoms with Gasteiger partial charge in [0.1, 0.15) is 12.4 Å². The van der Waals surface area contributed by atoms with Gasteiger partial charge >= 0.3 is 0 Å². The summed E-state index contributed by atoms with van der Waals surface area (Å²) in [7, 11) is 0. The standard InChI is InChI=1S/C24H26N2O2/c1-2-6-18(7-3-1)17-28-21-11-12-23-19(14-21)9-10-20-15-25-26(24(20)23)16-22-8-4-5-13-27-22/h1-3,6-7,11-12,14-15,22H,4-5,8-10,13,16-17H2. The van der Waals surface area contributed by atoms with E-state index in [0.717, 1.165) is 38.2 Å². The van der Waals surface area contributed by atoms with Crippen molar-refractivity contribution in [3.8, 4) is 17.0 Å². The van der Waals surface area contributed by atoms with Crippen LogP contribution < -0.4 is 4.74 Å². The average Bonchev–Trinajstić information content (AvgIpc) is 3.17. The van der Waals surface area contributed by atoms with Gasteiger partial charge in [0.2, 0.25) is 0 Å². The molecule has 0 N–H and O–H groups in total. The smallest absolute Gasteiger partial charge is 0.120 e. The van der Waals surface area contributed by atoms with Crippen molar-refractivity contribution in [2.45, 2.75) is 51.4 Å². The largest absolute Gasteiger partial charge is 0.489 e. The third-order valence-corrected chi connectivity index (χ3v) is 5.81. The molecule has 1 saturated heterocycles. The predicted molar refractivity (Wildman–Crippen MR) is 109 cm³/mol. The minimum absolute atomic E-state index is 0.289. The van der Waals surface area contributed by atoms with Gasteiger partial charge in [-0.15, -0.1) is 0 Å². The quantitative estimate of drug-likeness (QED) is 0.644. The van der Waals surface area contributed by atoms with Crippen LogP contribution in [0.5, 0.6) is 5.75 Å². The van der Waals surface area contributed by atoms with Crippen LogP contribution in [0.4, 0.5) is 0 Å². The van der Waals surface area contributed by atoms with E-state index in [1.165, 1.54) is 40.8 Å². The number of rotatable bonds is 5. The third kappa shape index (κ3) is 3.57. The SMILES string of the molecule is c1ccc(COc2ccc3c(c2)CCc2cnn(CC4CCCCO4)c2-3)cc1. The lowest BCUT2D eigenvalue weighted by Crippen LogP contribution is -2.25. The van der Waals surface area contributed by atoms with Crippen molar-refractivity contribution in [3.63, 3.8) is 0 Å². The Bertz CT molecular complexity index is 942. The molecule has 1 fully saturated rings. The summed E-state index contributed by atoms with van der Waals surface area (Å²) in [5, 5.41) is 4.69. The summed E-state index contributed by atoms with van der Waals surface area (Å²) in [5.74, 6) is 0.938. The molecule has 0 radical (unpaired) electrons. The van der Waals surface area contributed by atoms with Crippen molar-refractivity contribution >= 4 is 0 Å². The van der Waals surface area contributed by atoms with Gasteiger partial charge in [-0.2, -0.15) is 5.10 Å². The highest BCUT2D eigenvalue weighted by molar-refractivity contribution is 5.70. The van der Waals surface area contributed by atoms with Crippen molar-refractivity contribution < 1.29 is 9.47 Å². The second-order valence-electron chi connectivity index (χ2n) is 7.78. The Kier molecular flexibility index (Phi) is 4.88. The minimum atomic E-state index is 0.289. The van der Waals surface area contributed by atoms with Crippen LogP contribution in [-0.4, -0.2) is 22.5 Å². The normalized spacial score (nSPS) is 18.4. The first-order valence-electron chi connectivity index (χ1n) is 10.3. The molecule has 1 aliphatic heterocycles. The van der Waals surface area contributed by atoms with Crippen LogP contribution >= 0.6 is 0 Å². The first kappa shape index (κ1) is 17.5. The molecule has 28 heavy (non-hydrogen) atoms. The Morgan fingerprint density at radius 2 is 1.93 bits per heavy atom. The molecule has 2 aliphatic rings. The zero-order chi connectivity index (χ0) is 18.8. The number of hydrogen-bond acceptors (Lipinski definition) is 3. The van der Waals surface area contributed by atoms with Gasteiger partial charge in [-0.25, -0.2) is 0 Å². The summed E-state index contributed by atoms with van der Waals surface area (Å²) in [5.41, 5.74) is 6.45. The van der Waals surface area contributed by atoms with Gasteiger partial charge < -0.3 is 9.47 Å². The number of nitrogens with zero attached hydrogens (tertiary/aromatic N) is 2. The number of aryl methyl sites for hydroxylation is 2. The van der Waals surface area contributed by atoms with Gasteiger partial charge in [-0.3, -0.25) is 4.68 Å². The first-order valence-corrected chi connectivity index (χ1v) is 10.3. The van der Waals surface area contributed by atoms with Gasteiger partial charge in [0.05, 0.1) is 24.5 Å². The summed E-state index contributed by atoms with van der Waals surface area (Å²) in [4.78, 5) is 0. The van der Waals surface area contributed by atoms with Crippen molar-refractivity contribution in [2.75, 3.05) is 6.61 Å². The summed E-state index contributed by atoms with van der Waals surface area (Å²) in [6, 6.07) is 16.8. The number of aromatic nitrogens is 2. The van der Waals surface area contributed by atoms with Crippen LogP contribution in [0.25, 0.3) is 11.3 Å². The highest BCUT2D eigenvalue weighted by Crippen LogP contribution is 2.36. The van der Waals surface area contributed by atoms with E-state index in [-0.39, 0.29) is 6.10 Å². The van der Waals surface area contributed by atoms with Gasteiger partial charge in [0.25, 0.3) is 0 Å². The fraction of sp³-hybridized carbons (Fsp3) is 0.375. The molecule has 2 heterocycles. The molecule has 0 spiro atoms.